The molecule has 3 rings (SSSR count). The molecule has 0 radical (unpaired) electrons. The third kappa shape index (κ3) is 2.55. The number of ether oxygens (including phenoxy) is 3. The monoisotopic (exact) mass is 318 g/mol. The van der Waals surface area contributed by atoms with Crippen molar-refractivity contribution in [3.05, 3.63) is 29.3 Å². The minimum Gasteiger partial charge on any atom is -0.506 e. The van der Waals surface area contributed by atoms with Crippen LogP contribution in [0.4, 0.5) is 0 Å². The zero-order valence-corrected chi connectivity index (χ0v) is 13.0. The molecule has 0 aromatic heterocycles. The highest BCUT2D eigenvalue weighted by Crippen LogP contribution is 2.42. The van der Waals surface area contributed by atoms with Gasteiger partial charge in [-0.3, -0.25) is 0 Å². The van der Waals surface area contributed by atoms with E-state index in [1.54, 1.807) is 19.2 Å². The summed E-state index contributed by atoms with van der Waals surface area (Å²) in [5.41, 5.74) is 0.857. The Morgan fingerprint density at radius 1 is 1.26 bits per heavy atom. The predicted molar refractivity (Wildman–Crippen MR) is 83.3 cm³/mol. The first-order chi connectivity index (χ1) is 11.1. The highest BCUT2D eigenvalue weighted by Gasteiger charge is 2.31. The molecule has 0 spiro atoms. The first-order valence-electron chi connectivity index (χ1n) is 7.31. The molecule has 0 bridgehead atoms. The smallest absolute Gasteiger partial charge is 0.342 e. The van der Waals surface area contributed by atoms with E-state index in [0.717, 1.165) is 5.39 Å². The molecule has 0 saturated carbocycles. The molecule has 1 aliphatic rings. The number of phenolic OH excluding ortho intramolecular Hbond substituents is 1. The molecule has 6 heteroatoms. The summed E-state index contributed by atoms with van der Waals surface area (Å²) in [5.74, 6) is 0.287. The van der Waals surface area contributed by atoms with Crippen molar-refractivity contribution in [1.29, 1.82) is 0 Å². The number of hydrogen-bond donors (Lipinski definition) is 2. The van der Waals surface area contributed by atoms with E-state index in [1.807, 2.05) is 6.07 Å². The molecule has 6 nitrogen and oxygen atoms in total. The van der Waals surface area contributed by atoms with Crippen molar-refractivity contribution >= 4 is 16.7 Å². The van der Waals surface area contributed by atoms with Crippen molar-refractivity contribution in [3.8, 4) is 17.2 Å². The Labute approximate surface area is 133 Å². The van der Waals surface area contributed by atoms with E-state index in [1.165, 1.54) is 7.11 Å². The molecule has 1 aliphatic heterocycles. The van der Waals surface area contributed by atoms with E-state index in [-0.39, 0.29) is 24.0 Å². The molecule has 0 unspecified atom stereocenters. The van der Waals surface area contributed by atoms with Gasteiger partial charge in [-0.05, 0) is 23.1 Å². The Morgan fingerprint density at radius 3 is 2.70 bits per heavy atom. The highest BCUT2D eigenvalue weighted by atomic mass is 16.5. The standard InChI is InChI=1S/C17H18O6/c1-21-12-7-9-5-10-6-11(3-4-18)23-17(20)15(10)16(19)14(9)13(8-12)22-2/h5,7-8,11,18-19H,3-4,6H2,1-2H3/t11-/m1/s1. The van der Waals surface area contributed by atoms with Crippen LogP contribution in [0.1, 0.15) is 22.3 Å². The van der Waals surface area contributed by atoms with Crippen molar-refractivity contribution in [2.24, 2.45) is 0 Å². The minimum absolute atomic E-state index is 0.0610. The normalized spacial score (nSPS) is 16.8. The van der Waals surface area contributed by atoms with Gasteiger partial charge in [-0.1, -0.05) is 0 Å². The number of carbonyl (C=O) groups is 1. The Balaban J connectivity index is 2.23. The summed E-state index contributed by atoms with van der Waals surface area (Å²) in [6.45, 7) is -0.0610. The second-order valence-corrected chi connectivity index (χ2v) is 5.43. The number of aliphatic hydroxyl groups is 1. The average molecular weight is 318 g/mol. The maximum Gasteiger partial charge on any atom is 0.342 e. The van der Waals surface area contributed by atoms with Gasteiger partial charge in [0.15, 0.2) is 0 Å². The topological polar surface area (TPSA) is 85.2 Å². The maximum absolute atomic E-state index is 12.2. The number of aliphatic hydroxyl groups excluding tert-OH is 1. The molecule has 2 N–H and O–H groups in total. The maximum atomic E-state index is 12.2. The Morgan fingerprint density at radius 2 is 2.04 bits per heavy atom. The average Bonchev–Trinajstić information content (AvgIpc) is 2.53. The van der Waals surface area contributed by atoms with Crippen LogP contribution < -0.4 is 9.47 Å². The van der Waals surface area contributed by atoms with Crippen LogP contribution in [-0.4, -0.2) is 43.1 Å². The van der Waals surface area contributed by atoms with E-state index in [4.69, 9.17) is 19.3 Å². The number of esters is 1. The highest BCUT2D eigenvalue weighted by molar-refractivity contribution is 6.06. The molecule has 1 heterocycles. The van der Waals surface area contributed by atoms with Gasteiger partial charge < -0.3 is 24.4 Å². The van der Waals surface area contributed by atoms with Gasteiger partial charge in [0.1, 0.15) is 28.9 Å². The first-order valence-corrected chi connectivity index (χ1v) is 7.31. The molecule has 0 aliphatic carbocycles. The number of carbonyl (C=O) groups excluding carboxylic acids is 1. The van der Waals surface area contributed by atoms with Crippen molar-refractivity contribution in [2.75, 3.05) is 20.8 Å². The Hall–Kier alpha value is -2.47. The summed E-state index contributed by atoms with van der Waals surface area (Å²) >= 11 is 0. The van der Waals surface area contributed by atoms with Crippen LogP contribution in [0.5, 0.6) is 17.2 Å². The second kappa shape index (κ2) is 5.96. The van der Waals surface area contributed by atoms with Crippen molar-refractivity contribution in [1.82, 2.24) is 0 Å². The van der Waals surface area contributed by atoms with Crippen LogP contribution in [0.3, 0.4) is 0 Å². The number of aromatic hydroxyl groups is 1. The van der Waals surface area contributed by atoms with E-state index in [9.17, 15) is 9.90 Å². The van der Waals surface area contributed by atoms with Gasteiger partial charge in [0.25, 0.3) is 0 Å². The SMILES string of the molecule is COc1cc(OC)c2c(O)c3c(cc2c1)C[C@@H](CCO)OC3=O. The van der Waals surface area contributed by atoms with E-state index < -0.39 is 5.97 Å². The minimum atomic E-state index is -0.582. The van der Waals surface area contributed by atoms with Gasteiger partial charge in [0.2, 0.25) is 0 Å². The number of cyclic esters (lactones) is 1. The molecule has 0 saturated heterocycles. The van der Waals surface area contributed by atoms with Crippen LogP contribution in [0.15, 0.2) is 18.2 Å². The molecule has 122 valence electrons. The third-order valence-corrected chi connectivity index (χ3v) is 4.06. The number of rotatable bonds is 4. The molecule has 2 aromatic rings. The van der Waals surface area contributed by atoms with Crippen LogP contribution in [0.2, 0.25) is 0 Å². The predicted octanol–water partition coefficient (Wildman–Crippen LogP) is 2.03. The lowest BCUT2D eigenvalue weighted by Gasteiger charge is -2.25. The molecular weight excluding hydrogens is 300 g/mol. The number of hydrogen-bond acceptors (Lipinski definition) is 6. The largest absolute Gasteiger partial charge is 0.506 e. The van der Waals surface area contributed by atoms with Crippen molar-refractivity contribution < 1.29 is 29.2 Å². The fourth-order valence-corrected chi connectivity index (χ4v) is 2.98. The van der Waals surface area contributed by atoms with Gasteiger partial charge in [-0.15, -0.1) is 0 Å². The zero-order valence-electron chi connectivity index (χ0n) is 13.0. The number of fused-ring (bicyclic) bond motifs is 2. The fourth-order valence-electron chi connectivity index (χ4n) is 2.98. The van der Waals surface area contributed by atoms with Gasteiger partial charge in [0, 0.05) is 25.5 Å². The molecule has 0 fully saturated rings. The van der Waals surface area contributed by atoms with E-state index in [0.29, 0.717) is 35.3 Å². The van der Waals surface area contributed by atoms with Gasteiger partial charge in [-0.2, -0.15) is 0 Å². The summed E-state index contributed by atoms with van der Waals surface area (Å²) in [4.78, 5) is 12.2. The van der Waals surface area contributed by atoms with Crippen LogP contribution in [0, 0.1) is 0 Å². The molecule has 23 heavy (non-hydrogen) atoms. The summed E-state index contributed by atoms with van der Waals surface area (Å²) in [6.07, 6.45) is 0.431. The second-order valence-electron chi connectivity index (χ2n) is 5.43. The Kier molecular flexibility index (Phi) is 4.00. The lowest BCUT2D eigenvalue weighted by atomic mass is 9.92. The summed E-state index contributed by atoms with van der Waals surface area (Å²) in [6, 6.07) is 5.26. The molecular formula is C17H18O6. The summed E-state index contributed by atoms with van der Waals surface area (Å²) < 4.78 is 15.8. The number of phenols is 1. The third-order valence-electron chi connectivity index (χ3n) is 4.06. The first kappa shape index (κ1) is 15.4. The quantitative estimate of drug-likeness (QED) is 0.839. The molecule has 2 aromatic carbocycles. The fraction of sp³-hybridized carbons (Fsp3) is 0.353. The lowest BCUT2D eigenvalue weighted by molar-refractivity contribution is 0.0195. The molecule has 0 amide bonds. The lowest BCUT2D eigenvalue weighted by Crippen LogP contribution is -2.28. The van der Waals surface area contributed by atoms with Gasteiger partial charge >= 0.3 is 5.97 Å². The van der Waals surface area contributed by atoms with Crippen LogP contribution in [-0.2, 0) is 11.2 Å². The van der Waals surface area contributed by atoms with E-state index >= 15 is 0 Å². The Bertz CT molecular complexity index is 768. The van der Waals surface area contributed by atoms with Crippen LogP contribution >= 0.6 is 0 Å². The van der Waals surface area contributed by atoms with Crippen LogP contribution in [0.25, 0.3) is 10.8 Å². The van der Waals surface area contributed by atoms with Crippen molar-refractivity contribution in [3.63, 3.8) is 0 Å². The van der Waals surface area contributed by atoms with Crippen molar-refractivity contribution in [2.45, 2.75) is 18.9 Å². The molecule has 1 atom stereocenters. The number of benzene rings is 2. The number of methoxy groups -OCH3 is 2. The zero-order chi connectivity index (χ0) is 16.6. The summed E-state index contributed by atoms with van der Waals surface area (Å²) in [7, 11) is 3.04. The van der Waals surface area contributed by atoms with E-state index in [2.05, 4.69) is 0 Å². The summed E-state index contributed by atoms with van der Waals surface area (Å²) in [5, 5.41) is 20.8. The van der Waals surface area contributed by atoms with Gasteiger partial charge in [0.05, 0.1) is 19.6 Å². The van der Waals surface area contributed by atoms with Gasteiger partial charge in [-0.25, -0.2) is 4.79 Å².